The number of amides is 2. The van der Waals surface area contributed by atoms with E-state index < -0.39 is 23.9 Å². The lowest BCUT2D eigenvalue weighted by molar-refractivity contribution is -0.289. The fourth-order valence-corrected chi connectivity index (χ4v) is 5.87. The van der Waals surface area contributed by atoms with Crippen LogP contribution in [0.1, 0.15) is 48.0 Å². The highest BCUT2D eigenvalue weighted by molar-refractivity contribution is 6.34. The number of benzene rings is 2. The van der Waals surface area contributed by atoms with Crippen LogP contribution in [0.5, 0.6) is 5.75 Å². The van der Waals surface area contributed by atoms with E-state index in [9.17, 15) is 31.5 Å². The zero-order chi connectivity index (χ0) is 29.5. The molecule has 2 aromatic carbocycles. The summed E-state index contributed by atoms with van der Waals surface area (Å²) in [5.41, 5.74) is -0.126. The number of ether oxygens (including phenoxy) is 1. The maximum absolute atomic E-state index is 14.5. The smallest absolute Gasteiger partial charge is 0.454 e. The molecule has 40 heavy (non-hydrogen) atoms. The quantitative estimate of drug-likeness (QED) is 0.325. The normalized spacial score (nSPS) is 22.5. The third-order valence-corrected chi connectivity index (χ3v) is 8.42. The summed E-state index contributed by atoms with van der Waals surface area (Å²) >= 11 is 6.27. The second-order valence-electron chi connectivity index (χ2n) is 11.2. The Labute approximate surface area is 235 Å². The highest BCUT2D eigenvalue weighted by Gasteiger charge is 2.65. The molecule has 2 fully saturated rings. The second-order valence-corrected chi connectivity index (χ2v) is 11.6. The number of carbonyl (C=O) groups is 2. The Morgan fingerprint density at radius 3 is 2.25 bits per heavy atom. The van der Waals surface area contributed by atoms with Crippen molar-refractivity contribution in [3.05, 3.63) is 64.7 Å². The Bertz CT molecular complexity index is 1230. The van der Waals surface area contributed by atoms with Crippen molar-refractivity contribution in [2.75, 3.05) is 33.8 Å². The van der Waals surface area contributed by atoms with Gasteiger partial charge in [-0.1, -0.05) is 48.9 Å². The molecule has 1 saturated carbocycles. The number of carbonyl (C=O) groups excluding carboxylic acids is 2. The molecule has 5 nitrogen and oxygen atoms in total. The maximum Gasteiger partial charge on any atom is 0.454 e. The van der Waals surface area contributed by atoms with E-state index in [4.69, 9.17) is 16.3 Å². The van der Waals surface area contributed by atoms with E-state index in [0.29, 0.717) is 30.8 Å². The average molecular weight is 587 g/mol. The van der Waals surface area contributed by atoms with Gasteiger partial charge in [-0.15, -0.1) is 0 Å². The number of rotatable bonds is 8. The van der Waals surface area contributed by atoms with Crippen molar-refractivity contribution in [2.24, 2.45) is 17.3 Å². The molecule has 4 rings (SSSR count). The lowest BCUT2D eigenvalue weighted by Crippen LogP contribution is -2.51. The van der Waals surface area contributed by atoms with Gasteiger partial charge in [-0.05, 0) is 54.9 Å². The molecular weight excluding hydrogens is 555 g/mol. The van der Waals surface area contributed by atoms with Crippen LogP contribution in [0.4, 0.5) is 22.0 Å². The molecule has 1 aliphatic carbocycles. The fraction of sp³-hybridized carbons (Fsp3) is 0.517. The van der Waals surface area contributed by atoms with Crippen molar-refractivity contribution >= 4 is 23.4 Å². The van der Waals surface area contributed by atoms with Gasteiger partial charge in [0.05, 0.1) is 17.2 Å². The maximum atomic E-state index is 14.5. The first-order chi connectivity index (χ1) is 18.7. The molecule has 1 saturated heterocycles. The number of hydrogen-bond donors (Lipinski definition) is 0. The molecule has 0 radical (unpaired) electrons. The van der Waals surface area contributed by atoms with Gasteiger partial charge >= 0.3 is 12.1 Å². The highest BCUT2D eigenvalue weighted by atomic mass is 35.5. The standard InChI is InChI=1S/C29H32ClF5N2O3/c1-27(17-40-20-9-10-21(23(30)15-20)25(38)36(2)3)16-22(27)18-11-13-37(14-12-18)26(39)24(19-7-5-4-6-8-19)28(31,32)29(33,34)35/h4-10,15,18,22,24H,11-14,16-17H2,1-3H3/t22-,24-,27-/m0/s1. The molecule has 2 amide bonds. The minimum Gasteiger partial charge on any atom is -0.493 e. The molecule has 0 N–H and O–H groups in total. The Morgan fingerprint density at radius 1 is 1.07 bits per heavy atom. The van der Waals surface area contributed by atoms with Gasteiger partial charge in [0, 0.05) is 32.6 Å². The van der Waals surface area contributed by atoms with Crippen LogP contribution in [0, 0.1) is 17.3 Å². The number of alkyl halides is 5. The molecule has 3 atom stereocenters. The monoisotopic (exact) mass is 586 g/mol. The first kappa shape index (κ1) is 30.1. The summed E-state index contributed by atoms with van der Waals surface area (Å²) in [5, 5.41) is 0.288. The fourth-order valence-electron chi connectivity index (χ4n) is 5.61. The molecule has 218 valence electrons. The van der Waals surface area contributed by atoms with Gasteiger partial charge < -0.3 is 14.5 Å². The van der Waals surface area contributed by atoms with Crippen molar-refractivity contribution in [2.45, 2.75) is 44.2 Å². The minimum atomic E-state index is -5.86. The summed E-state index contributed by atoms with van der Waals surface area (Å²) in [6.07, 6.45) is -3.96. The molecular formula is C29H32ClF5N2O3. The van der Waals surface area contributed by atoms with Crippen LogP contribution in [0.15, 0.2) is 48.5 Å². The largest absolute Gasteiger partial charge is 0.493 e. The lowest BCUT2D eigenvalue weighted by Gasteiger charge is -2.37. The van der Waals surface area contributed by atoms with E-state index >= 15 is 0 Å². The van der Waals surface area contributed by atoms with Gasteiger partial charge in [0.25, 0.3) is 5.91 Å². The molecule has 0 spiro atoms. The zero-order valence-corrected chi connectivity index (χ0v) is 23.2. The van der Waals surface area contributed by atoms with Crippen molar-refractivity contribution in [3.8, 4) is 5.75 Å². The summed E-state index contributed by atoms with van der Waals surface area (Å²) in [5.74, 6) is -8.25. The molecule has 11 heteroatoms. The number of nitrogens with zero attached hydrogens (tertiary/aromatic N) is 2. The average Bonchev–Trinajstić information content (AvgIpc) is 3.58. The highest BCUT2D eigenvalue weighted by Crippen LogP contribution is 2.58. The van der Waals surface area contributed by atoms with Gasteiger partial charge in [-0.25, -0.2) is 0 Å². The predicted octanol–water partition coefficient (Wildman–Crippen LogP) is 6.67. The molecule has 1 aliphatic heterocycles. The summed E-state index contributed by atoms with van der Waals surface area (Å²) in [6, 6.07) is 11.3. The molecule has 1 heterocycles. The minimum absolute atomic E-state index is 0.116. The third-order valence-electron chi connectivity index (χ3n) is 8.11. The van der Waals surface area contributed by atoms with Gasteiger partial charge in [-0.2, -0.15) is 22.0 Å². The summed E-state index contributed by atoms with van der Waals surface area (Å²) in [7, 11) is 3.27. The first-order valence-electron chi connectivity index (χ1n) is 13.1. The number of likely N-dealkylation sites (tertiary alicyclic amines) is 1. The first-order valence-corrected chi connectivity index (χ1v) is 13.5. The van der Waals surface area contributed by atoms with E-state index in [1.54, 1.807) is 32.3 Å². The Kier molecular flexibility index (Phi) is 8.41. The van der Waals surface area contributed by atoms with Crippen LogP contribution in [-0.4, -0.2) is 67.5 Å². The van der Waals surface area contributed by atoms with Gasteiger partial charge in [0.1, 0.15) is 11.7 Å². The van der Waals surface area contributed by atoms with E-state index in [1.807, 2.05) is 0 Å². The van der Waals surface area contributed by atoms with Gasteiger partial charge in [0.15, 0.2) is 0 Å². The van der Waals surface area contributed by atoms with Gasteiger partial charge in [-0.3, -0.25) is 9.59 Å². The predicted molar refractivity (Wildman–Crippen MR) is 141 cm³/mol. The van der Waals surface area contributed by atoms with E-state index in [0.717, 1.165) is 23.5 Å². The number of piperidine rings is 1. The Hall–Kier alpha value is -2.88. The Balaban J connectivity index is 1.35. The topological polar surface area (TPSA) is 49.9 Å². The lowest BCUT2D eigenvalue weighted by atomic mass is 9.86. The second kappa shape index (κ2) is 11.2. The summed E-state index contributed by atoms with van der Waals surface area (Å²) in [4.78, 5) is 27.8. The van der Waals surface area contributed by atoms with Gasteiger partial charge in [0.2, 0.25) is 5.91 Å². The summed E-state index contributed by atoms with van der Waals surface area (Å²) < 4.78 is 75.0. The van der Waals surface area contributed by atoms with Crippen LogP contribution in [0.25, 0.3) is 0 Å². The number of halogens is 6. The SMILES string of the molecule is CN(C)C(=O)c1ccc(OC[C@]2(C)C[C@H]2C2CCN(C(=O)[C@H](c3ccccc3)C(F)(F)C(F)(F)F)CC2)cc1Cl. The molecule has 2 aromatic rings. The van der Waals surface area contributed by atoms with Crippen LogP contribution in [0.3, 0.4) is 0 Å². The van der Waals surface area contributed by atoms with E-state index in [1.165, 1.54) is 23.1 Å². The Morgan fingerprint density at radius 2 is 1.70 bits per heavy atom. The van der Waals surface area contributed by atoms with Crippen molar-refractivity contribution in [1.29, 1.82) is 0 Å². The molecule has 0 aromatic heterocycles. The van der Waals surface area contributed by atoms with Crippen LogP contribution < -0.4 is 4.74 Å². The number of hydrogen-bond acceptors (Lipinski definition) is 3. The molecule has 0 unspecified atom stereocenters. The van der Waals surface area contributed by atoms with E-state index in [-0.39, 0.29) is 46.8 Å². The molecule has 2 aliphatic rings. The van der Waals surface area contributed by atoms with Crippen LogP contribution >= 0.6 is 11.6 Å². The van der Waals surface area contributed by atoms with E-state index in [2.05, 4.69) is 6.92 Å². The van der Waals surface area contributed by atoms with Crippen molar-refractivity contribution in [3.63, 3.8) is 0 Å². The molecule has 0 bridgehead atoms. The van der Waals surface area contributed by atoms with Crippen molar-refractivity contribution in [1.82, 2.24) is 9.80 Å². The third kappa shape index (κ3) is 6.06. The van der Waals surface area contributed by atoms with Crippen LogP contribution in [-0.2, 0) is 4.79 Å². The van der Waals surface area contributed by atoms with Crippen molar-refractivity contribution < 1.29 is 36.3 Å². The zero-order valence-electron chi connectivity index (χ0n) is 22.5. The summed E-state index contributed by atoms with van der Waals surface area (Å²) in [6.45, 7) is 2.72. The van der Waals surface area contributed by atoms with Crippen LogP contribution in [0.2, 0.25) is 5.02 Å².